The predicted octanol–water partition coefficient (Wildman–Crippen LogP) is 0.372. The molecule has 1 aliphatic rings. The van der Waals surface area contributed by atoms with Crippen LogP contribution in [-0.2, 0) is 14.9 Å². The summed E-state index contributed by atoms with van der Waals surface area (Å²) in [5.41, 5.74) is -3.33. The number of aliphatic carboxylic acids is 1. The van der Waals surface area contributed by atoms with E-state index in [1.807, 2.05) is 24.3 Å². The molecule has 20 heavy (non-hydrogen) atoms. The molecule has 2 rings (SSSR count). The van der Waals surface area contributed by atoms with Crippen LogP contribution in [0.2, 0.25) is 0 Å². The lowest BCUT2D eigenvalue weighted by atomic mass is 10.2. The van der Waals surface area contributed by atoms with Crippen molar-refractivity contribution in [3.05, 3.63) is 35.5 Å². The van der Waals surface area contributed by atoms with E-state index in [9.17, 15) is 18.0 Å². The minimum atomic E-state index is -6.09. The topological polar surface area (TPSA) is 111 Å². The number of halogens is 3. The maximum atomic E-state index is 10.7. The Morgan fingerprint density at radius 1 is 1.25 bits per heavy atom. The predicted molar refractivity (Wildman–Crippen MR) is 59.4 cm³/mol. The fourth-order valence-electron chi connectivity index (χ4n) is 1.27. The van der Waals surface area contributed by atoms with Crippen molar-refractivity contribution < 1.29 is 41.4 Å². The Hall–Kier alpha value is -1.91. The summed E-state index contributed by atoms with van der Waals surface area (Å²) in [4.78, 5) is 10.6. The van der Waals surface area contributed by atoms with Crippen LogP contribution in [0.5, 0.6) is 0 Å². The van der Waals surface area contributed by atoms with Gasteiger partial charge in [-0.25, -0.2) is 13.2 Å². The minimum absolute atomic E-state index is 0.358. The van der Waals surface area contributed by atoms with E-state index < -0.39 is 21.6 Å². The molecule has 110 valence electrons. The van der Waals surface area contributed by atoms with Crippen LogP contribution in [0.15, 0.2) is 30.0 Å². The highest BCUT2D eigenvalue weighted by Gasteiger charge is 2.36. The summed E-state index contributed by atoms with van der Waals surface area (Å²) in [7, 11) is -6.09. The number of hydrogen-bond donors (Lipinski definition) is 2. The highest BCUT2D eigenvalue weighted by atomic mass is 32.2. The van der Waals surface area contributed by atoms with Gasteiger partial charge in [0.1, 0.15) is 5.69 Å². The van der Waals surface area contributed by atoms with E-state index in [-0.39, 0.29) is 0 Å². The van der Waals surface area contributed by atoms with Crippen molar-refractivity contribution in [1.29, 1.82) is 0 Å². The number of alkyl halides is 3. The third kappa shape index (κ3) is 4.05. The number of carboxylic acid groups (broad SMARTS) is 1. The van der Waals surface area contributed by atoms with Crippen LogP contribution in [-0.4, -0.2) is 29.6 Å². The fraction of sp³-hybridized carbons (Fsp3) is 0.100. The van der Waals surface area contributed by atoms with Crippen molar-refractivity contribution in [3.8, 4) is 0 Å². The minimum Gasteiger partial charge on any atom is -0.741 e. The Morgan fingerprint density at radius 2 is 1.75 bits per heavy atom. The molecule has 0 fully saturated rings. The second kappa shape index (κ2) is 5.61. The molecule has 6 nitrogen and oxygen atoms in total. The number of hydrogen-bond acceptors (Lipinski definition) is 4. The first kappa shape index (κ1) is 16.1. The van der Waals surface area contributed by atoms with Gasteiger partial charge < -0.3 is 9.66 Å². The first-order chi connectivity index (χ1) is 9.02. The molecule has 0 amide bonds. The molecule has 3 N–H and O–H groups in total. The third-order valence-corrected chi connectivity index (χ3v) is 2.72. The van der Waals surface area contributed by atoms with E-state index >= 15 is 0 Å². The molecular formula is C10H8F3NO5S. The molecular weight excluding hydrogens is 303 g/mol. The largest absolute Gasteiger partial charge is 0.741 e. The molecule has 0 aromatic heterocycles. The zero-order valence-electron chi connectivity index (χ0n) is 9.59. The highest BCUT2D eigenvalue weighted by molar-refractivity contribution is 7.86. The smallest absolute Gasteiger partial charge is 0.485 e. The standard InChI is InChI=1S/C9H7NO2.CHF3O3S/c11-9(12)8-5-6-3-1-2-4-7(6)10-8;2-1(3,4)8(5,6)7/h1-5,10H,(H,11,12);(H,5,6,7). The number of benzene rings is 1. The lowest BCUT2D eigenvalue weighted by molar-refractivity contribution is -0.507. The molecule has 0 aliphatic carbocycles. The molecule has 0 radical (unpaired) electrons. The van der Waals surface area contributed by atoms with Gasteiger partial charge in [-0.05, 0) is 6.07 Å². The normalized spacial score (nSPS) is 13.9. The van der Waals surface area contributed by atoms with E-state index in [4.69, 9.17) is 18.1 Å². The summed E-state index contributed by atoms with van der Waals surface area (Å²) in [6.45, 7) is 0. The van der Waals surface area contributed by atoms with Crippen LogP contribution in [0, 0.1) is 0 Å². The molecule has 10 heteroatoms. The van der Waals surface area contributed by atoms with Gasteiger partial charge in [-0.2, -0.15) is 13.2 Å². The first-order valence-corrected chi connectivity index (χ1v) is 6.34. The molecule has 1 aliphatic heterocycles. The number of fused-ring (bicyclic) bond motifs is 1. The maximum Gasteiger partial charge on any atom is 0.485 e. The van der Waals surface area contributed by atoms with Crippen LogP contribution in [0.25, 0.3) is 6.08 Å². The third-order valence-electron chi connectivity index (χ3n) is 2.15. The molecule has 1 heterocycles. The number of rotatable bonds is 1. The van der Waals surface area contributed by atoms with Crippen LogP contribution in [0.3, 0.4) is 0 Å². The number of para-hydroxylation sites is 1. The second-order valence-electron chi connectivity index (χ2n) is 3.58. The molecule has 0 atom stereocenters. The van der Waals surface area contributed by atoms with E-state index in [1.165, 1.54) is 0 Å². The van der Waals surface area contributed by atoms with Gasteiger partial charge in [-0.1, -0.05) is 12.1 Å². The Labute approximate surface area is 111 Å². The number of carbonyl (C=O) groups is 1. The maximum absolute atomic E-state index is 10.7. The molecule has 0 saturated carbocycles. The van der Waals surface area contributed by atoms with Gasteiger partial charge >= 0.3 is 11.5 Å². The zero-order chi connectivity index (χ0) is 15.6. The number of nitrogens with two attached hydrogens (primary N) is 1. The lowest BCUT2D eigenvalue weighted by Gasteiger charge is -2.08. The van der Waals surface area contributed by atoms with Gasteiger partial charge in [0.05, 0.1) is 0 Å². The molecule has 0 unspecified atom stereocenters. The van der Waals surface area contributed by atoms with E-state index in [0.717, 1.165) is 11.3 Å². The van der Waals surface area contributed by atoms with Crippen LogP contribution < -0.4 is 5.32 Å². The Morgan fingerprint density at radius 3 is 2.15 bits per heavy atom. The van der Waals surface area contributed by atoms with Gasteiger partial charge in [-0.3, -0.25) is 5.32 Å². The zero-order valence-corrected chi connectivity index (χ0v) is 10.4. The number of quaternary nitrogens is 1. The van der Waals surface area contributed by atoms with Crippen molar-refractivity contribution in [2.45, 2.75) is 5.51 Å². The number of carboxylic acids is 1. The quantitative estimate of drug-likeness (QED) is 0.442. The van der Waals surface area contributed by atoms with Gasteiger partial charge in [0.2, 0.25) is 5.70 Å². The highest BCUT2D eigenvalue weighted by Crippen LogP contribution is 2.20. The summed E-state index contributed by atoms with van der Waals surface area (Å²) in [6.07, 6.45) is 1.68. The summed E-state index contributed by atoms with van der Waals surface area (Å²) >= 11 is 0. The molecule has 1 aromatic carbocycles. The van der Waals surface area contributed by atoms with E-state index in [2.05, 4.69) is 0 Å². The van der Waals surface area contributed by atoms with Crippen molar-refractivity contribution in [1.82, 2.24) is 0 Å². The van der Waals surface area contributed by atoms with Crippen molar-refractivity contribution >= 4 is 27.9 Å². The summed E-state index contributed by atoms with van der Waals surface area (Å²) in [5, 5.41) is 10.4. The summed E-state index contributed by atoms with van der Waals surface area (Å²) < 4.78 is 58.9. The average Bonchev–Trinajstić information content (AvgIpc) is 2.70. The molecule has 0 spiro atoms. The van der Waals surface area contributed by atoms with E-state index in [1.54, 1.807) is 11.4 Å². The Kier molecular flexibility index (Phi) is 4.53. The van der Waals surface area contributed by atoms with Gasteiger partial charge in [0.25, 0.3) is 0 Å². The van der Waals surface area contributed by atoms with Crippen LogP contribution in [0.4, 0.5) is 18.9 Å². The average molecular weight is 311 g/mol. The van der Waals surface area contributed by atoms with Crippen molar-refractivity contribution in [3.63, 3.8) is 0 Å². The Bertz CT molecular complexity index is 651. The molecule has 0 bridgehead atoms. The molecule has 0 saturated heterocycles. The van der Waals surface area contributed by atoms with Crippen LogP contribution >= 0.6 is 0 Å². The fourth-order valence-corrected chi connectivity index (χ4v) is 1.27. The Balaban J connectivity index is 0.000000221. The second-order valence-corrected chi connectivity index (χ2v) is 4.95. The summed E-state index contributed by atoms with van der Waals surface area (Å²) in [5.74, 6) is -0.869. The van der Waals surface area contributed by atoms with Gasteiger partial charge in [0, 0.05) is 17.7 Å². The lowest BCUT2D eigenvalue weighted by Crippen LogP contribution is -2.75. The van der Waals surface area contributed by atoms with Crippen molar-refractivity contribution in [2.75, 3.05) is 0 Å². The van der Waals surface area contributed by atoms with E-state index in [0.29, 0.717) is 5.70 Å². The monoisotopic (exact) mass is 311 g/mol. The van der Waals surface area contributed by atoms with Gasteiger partial charge in [0.15, 0.2) is 10.1 Å². The van der Waals surface area contributed by atoms with Gasteiger partial charge in [-0.15, -0.1) is 0 Å². The van der Waals surface area contributed by atoms with Crippen LogP contribution in [0.1, 0.15) is 5.56 Å². The molecule has 1 aromatic rings. The summed E-state index contributed by atoms with van der Waals surface area (Å²) in [6, 6.07) is 7.60. The SMILES string of the molecule is O=C(O)C1=Cc2ccccc2[NH2+]1.O=S(=O)([O-])C(F)(F)F. The van der Waals surface area contributed by atoms with Crippen molar-refractivity contribution in [2.24, 2.45) is 0 Å². The first-order valence-electron chi connectivity index (χ1n) is 4.93.